The van der Waals surface area contributed by atoms with Gasteiger partial charge < -0.3 is 39.7 Å². The molecular weight excluding hydrogens is 396 g/mol. The summed E-state index contributed by atoms with van der Waals surface area (Å²) in [6, 6.07) is 8.80. The van der Waals surface area contributed by atoms with Gasteiger partial charge in [-0.05, 0) is 24.5 Å². The molecule has 1 fully saturated rings. The van der Waals surface area contributed by atoms with Crippen molar-refractivity contribution >= 4 is 5.97 Å². The van der Waals surface area contributed by atoms with E-state index in [1.54, 1.807) is 30.3 Å². The fraction of sp³-hybridized carbons (Fsp3) is 0.476. The predicted octanol–water partition coefficient (Wildman–Crippen LogP) is -0.564. The Balaban J connectivity index is 1.51. The van der Waals surface area contributed by atoms with Crippen molar-refractivity contribution in [3.8, 4) is 0 Å². The average molecular weight is 420 g/mol. The van der Waals surface area contributed by atoms with Crippen molar-refractivity contribution in [1.82, 2.24) is 0 Å². The lowest BCUT2D eigenvalue weighted by molar-refractivity contribution is -0.308. The molecule has 1 aliphatic carbocycles. The Bertz CT molecular complexity index is 847. The SMILES string of the molecule is O=C1OC2=C[C@@H](O[C@H]3O[C@@H](CO)[C@H](O)[C@@H](O)[C@@H]3O)CCC2=C1[C@H](O)c1ccccc1. The monoisotopic (exact) mass is 420 g/mol. The number of hydrogen-bond donors (Lipinski definition) is 5. The van der Waals surface area contributed by atoms with Crippen LogP contribution in [0, 0.1) is 0 Å². The molecule has 30 heavy (non-hydrogen) atoms. The second-order valence-corrected chi connectivity index (χ2v) is 7.54. The molecule has 4 rings (SSSR count). The van der Waals surface area contributed by atoms with Crippen molar-refractivity contribution in [3.63, 3.8) is 0 Å². The van der Waals surface area contributed by atoms with Crippen LogP contribution in [0.3, 0.4) is 0 Å². The molecule has 1 saturated heterocycles. The number of fused-ring (bicyclic) bond motifs is 1. The minimum absolute atomic E-state index is 0.193. The second kappa shape index (κ2) is 8.56. The Morgan fingerprint density at radius 1 is 1.10 bits per heavy atom. The molecule has 3 aliphatic rings. The number of aliphatic hydroxyl groups excluding tert-OH is 5. The van der Waals surface area contributed by atoms with Crippen LogP contribution in [-0.2, 0) is 19.0 Å². The van der Waals surface area contributed by atoms with Gasteiger partial charge in [0.2, 0.25) is 0 Å². The van der Waals surface area contributed by atoms with Crippen molar-refractivity contribution in [2.45, 2.75) is 55.8 Å². The van der Waals surface area contributed by atoms with Crippen LogP contribution >= 0.6 is 0 Å². The minimum Gasteiger partial charge on any atom is -0.423 e. The Morgan fingerprint density at radius 3 is 2.53 bits per heavy atom. The van der Waals surface area contributed by atoms with E-state index in [0.29, 0.717) is 24.0 Å². The van der Waals surface area contributed by atoms with E-state index < -0.39 is 55.5 Å². The Hall–Kier alpha value is -2.11. The zero-order valence-corrected chi connectivity index (χ0v) is 16.0. The summed E-state index contributed by atoms with van der Waals surface area (Å²) in [6.07, 6.45) is -6.23. The van der Waals surface area contributed by atoms with Crippen molar-refractivity contribution in [2.24, 2.45) is 0 Å². The highest BCUT2D eigenvalue weighted by Gasteiger charge is 2.45. The van der Waals surface area contributed by atoms with Gasteiger partial charge in [0, 0.05) is 5.57 Å². The third-order valence-corrected chi connectivity index (χ3v) is 5.61. The van der Waals surface area contributed by atoms with Crippen molar-refractivity contribution in [3.05, 3.63) is 58.9 Å². The molecule has 7 atom stereocenters. The first kappa shape index (κ1) is 21.1. The van der Waals surface area contributed by atoms with E-state index in [1.807, 2.05) is 6.07 Å². The van der Waals surface area contributed by atoms with Gasteiger partial charge >= 0.3 is 5.97 Å². The number of rotatable bonds is 5. The number of ether oxygens (including phenoxy) is 3. The molecule has 162 valence electrons. The second-order valence-electron chi connectivity index (χ2n) is 7.54. The highest BCUT2D eigenvalue weighted by atomic mass is 16.7. The maximum atomic E-state index is 12.4. The topological polar surface area (TPSA) is 146 Å². The summed E-state index contributed by atoms with van der Waals surface area (Å²) in [5.41, 5.74) is 1.38. The van der Waals surface area contributed by atoms with Gasteiger partial charge in [0.05, 0.1) is 18.3 Å². The molecule has 0 radical (unpaired) electrons. The molecule has 0 amide bonds. The number of allylic oxidation sites excluding steroid dienone is 1. The zero-order valence-electron chi connectivity index (χ0n) is 16.0. The minimum atomic E-state index is -1.54. The van der Waals surface area contributed by atoms with E-state index in [9.17, 15) is 30.3 Å². The highest BCUT2D eigenvalue weighted by Crippen LogP contribution is 2.40. The molecule has 1 aromatic carbocycles. The largest absolute Gasteiger partial charge is 0.423 e. The molecule has 0 unspecified atom stereocenters. The van der Waals surface area contributed by atoms with E-state index in [2.05, 4.69) is 0 Å². The molecule has 2 aliphatic heterocycles. The first-order valence-corrected chi connectivity index (χ1v) is 9.77. The third-order valence-electron chi connectivity index (χ3n) is 5.61. The van der Waals surface area contributed by atoms with Crippen LogP contribution in [0.4, 0.5) is 0 Å². The maximum Gasteiger partial charge on any atom is 0.342 e. The summed E-state index contributed by atoms with van der Waals surface area (Å²) in [6.45, 7) is -0.554. The number of hydrogen-bond acceptors (Lipinski definition) is 9. The van der Waals surface area contributed by atoms with E-state index in [1.165, 1.54) is 0 Å². The molecule has 9 nitrogen and oxygen atoms in total. The quantitative estimate of drug-likeness (QED) is 0.396. The maximum absolute atomic E-state index is 12.4. The fourth-order valence-corrected chi connectivity index (χ4v) is 3.94. The summed E-state index contributed by atoms with van der Waals surface area (Å²) in [7, 11) is 0. The molecule has 5 N–H and O–H groups in total. The van der Waals surface area contributed by atoms with E-state index >= 15 is 0 Å². The van der Waals surface area contributed by atoms with Crippen molar-refractivity contribution in [1.29, 1.82) is 0 Å². The fourth-order valence-electron chi connectivity index (χ4n) is 3.94. The number of carbonyl (C=O) groups excluding carboxylic acids is 1. The lowest BCUT2D eigenvalue weighted by atomic mass is 9.91. The number of benzene rings is 1. The third kappa shape index (κ3) is 3.81. The molecule has 9 heteroatoms. The van der Waals surface area contributed by atoms with Crippen LogP contribution in [0.2, 0.25) is 0 Å². The van der Waals surface area contributed by atoms with E-state index in [4.69, 9.17) is 14.2 Å². The Kier molecular flexibility index (Phi) is 6.03. The summed E-state index contributed by atoms with van der Waals surface area (Å²) >= 11 is 0. The molecule has 0 saturated carbocycles. The molecule has 1 aromatic rings. The standard InChI is InChI=1S/C21H24O9/c22-9-14-17(24)18(25)19(26)21(30-14)28-11-6-7-12-13(8-11)29-20(27)15(12)16(23)10-4-2-1-3-5-10/h1-5,8,11,14,16-19,21-26H,6-7,9H2/t11-,14-,16+,17-,18+,19-,21-/m0/s1. The van der Waals surface area contributed by atoms with Crippen LogP contribution in [0.15, 0.2) is 53.3 Å². The molecule has 0 bridgehead atoms. The number of carbonyl (C=O) groups is 1. The van der Waals surface area contributed by atoms with Crippen LogP contribution in [0.1, 0.15) is 24.5 Å². The number of aliphatic hydroxyl groups is 5. The summed E-state index contributed by atoms with van der Waals surface area (Å²) < 4.78 is 16.4. The van der Waals surface area contributed by atoms with Gasteiger partial charge in [-0.2, -0.15) is 0 Å². The first-order valence-electron chi connectivity index (χ1n) is 9.77. The van der Waals surface area contributed by atoms with E-state index in [0.717, 1.165) is 0 Å². The summed E-state index contributed by atoms with van der Waals surface area (Å²) in [5.74, 6) is -0.341. The van der Waals surface area contributed by atoms with Gasteiger partial charge in [0.1, 0.15) is 36.3 Å². The van der Waals surface area contributed by atoms with Crippen molar-refractivity contribution in [2.75, 3.05) is 6.61 Å². The van der Waals surface area contributed by atoms with Crippen LogP contribution in [-0.4, -0.2) is 74.9 Å². The Labute approximate surface area is 172 Å². The van der Waals surface area contributed by atoms with Gasteiger partial charge in [0.25, 0.3) is 0 Å². The average Bonchev–Trinajstić information content (AvgIpc) is 3.09. The van der Waals surface area contributed by atoms with Gasteiger partial charge in [-0.1, -0.05) is 30.3 Å². The van der Waals surface area contributed by atoms with Gasteiger partial charge in [-0.3, -0.25) is 0 Å². The van der Waals surface area contributed by atoms with Gasteiger partial charge in [0.15, 0.2) is 6.29 Å². The molecule has 2 heterocycles. The Morgan fingerprint density at radius 2 is 1.83 bits per heavy atom. The lowest BCUT2D eigenvalue weighted by Gasteiger charge is -2.40. The summed E-state index contributed by atoms with van der Waals surface area (Å²) in [5, 5.41) is 49.8. The first-order chi connectivity index (χ1) is 14.4. The predicted molar refractivity (Wildman–Crippen MR) is 100 cm³/mol. The normalized spacial score (nSPS) is 35.0. The summed E-state index contributed by atoms with van der Waals surface area (Å²) in [4.78, 5) is 12.4. The van der Waals surface area contributed by atoms with Crippen LogP contribution in [0.5, 0.6) is 0 Å². The van der Waals surface area contributed by atoms with Crippen molar-refractivity contribution < 1.29 is 44.5 Å². The lowest BCUT2D eigenvalue weighted by Crippen LogP contribution is -2.59. The van der Waals surface area contributed by atoms with Crippen LogP contribution < -0.4 is 0 Å². The molecular formula is C21H24O9. The van der Waals surface area contributed by atoms with Crippen LogP contribution in [0.25, 0.3) is 0 Å². The smallest absolute Gasteiger partial charge is 0.342 e. The molecule has 0 spiro atoms. The highest BCUT2D eigenvalue weighted by molar-refractivity contribution is 5.96. The van der Waals surface area contributed by atoms with E-state index in [-0.39, 0.29) is 11.3 Å². The van der Waals surface area contributed by atoms with Gasteiger partial charge in [-0.25, -0.2) is 4.79 Å². The molecule has 0 aromatic heterocycles. The number of esters is 1. The van der Waals surface area contributed by atoms with Gasteiger partial charge in [-0.15, -0.1) is 0 Å². The zero-order chi connectivity index (χ0) is 21.4.